The Balaban J connectivity index is 1.92. The maximum atomic E-state index is 12.8. The second-order valence-corrected chi connectivity index (χ2v) is 6.47. The largest absolute Gasteiger partial charge is 0.469 e. The molecule has 3 atom stereocenters. The van der Waals surface area contributed by atoms with Gasteiger partial charge in [-0.15, -0.1) is 0 Å². The molecule has 2 aromatic rings. The Hall–Kier alpha value is -3.28. The molecule has 2 heterocycles. The van der Waals surface area contributed by atoms with E-state index in [4.69, 9.17) is 9.47 Å². The van der Waals surface area contributed by atoms with E-state index in [0.717, 1.165) is 16.8 Å². The smallest absolute Gasteiger partial charge is 0.331 e. The molecule has 0 amide bonds. The Morgan fingerprint density at radius 2 is 1.56 bits per heavy atom. The minimum atomic E-state index is -0.828. The zero-order valence-electron chi connectivity index (χ0n) is 15.1. The van der Waals surface area contributed by atoms with Crippen LogP contribution in [0, 0.1) is 5.92 Å². The van der Waals surface area contributed by atoms with E-state index in [-0.39, 0.29) is 6.04 Å². The zero-order chi connectivity index (χ0) is 19.0. The van der Waals surface area contributed by atoms with Crippen LogP contribution >= 0.6 is 0 Å². The summed E-state index contributed by atoms with van der Waals surface area (Å²) in [6.45, 7) is 0. The van der Waals surface area contributed by atoms with Gasteiger partial charge in [0.25, 0.3) is 0 Å². The lowest BCUT2D eigenvalue weighted by Crippen LogP contribution is -2.46. The molecule has 0 saturated carbocycles. The summed E-state index contributed by atoms with van der Waals surface area (Å²) in [5.41, 5.74) is 2.79. The van der Waals surface area contributed by atoms with Crippen molar-refractivity contribution in [3.63, 3.8) is 0 Å². The van der Waals surface area contributed by atoms with Gasteiger partial charge in [0.15, 0.2) is 6.04 Å². The fourth-order valence-electron chi connectivity index (χ4n) is 3.99. The van der Waals surface area contributed by atoms with Crippen LogP contribution < -0.4 is 5.01 Å². The number of carbonyl (C=O) groups excluding carboxylic acids is 2. The van der Waals surface area contributed by atoms with Crippen LogP contribution in [0.4, 0.5) is 5.69 Å². The number of methoxy groups -OCH3 is 2. The van der Waals surface area contributed by atoms with E-state index in [1.165, 1.54) is 14.2 Å². The summed E-state index contributed by atoms with van der Waals surface area (Å²) in [7, 11) is 2.68. The lowest BCUT2D eigenvalue weighted by atomic mass is 9.85. The highest BCUT2D eigenvalue weighted by Gasteiger charge is 2.56. The number of para-hydroxylation sites is 1. The third-order valence-corrected chi connectivity index (χ3v) is 5.14. The standard InChI is InChI=1S/C21H20N2O4/c1-26-20(24)17-18-16-11-7-6-8-14(16)12-13-22(18)23(19(17)21(25)27-2)15-9-4-3-5-10-15/h3-13,17-19H,1-2H3/t17-,18+,19+/m1/s1. The van der Waals surface area contributed by atoms with Gasteiger partial charge in [-0.05, 0) is 29.3 Å². The zero-order valence-corrected chi connectivity index (χ0v) is 15.1. The third kappa shape index (κ3) is 2.65. The van der Waals surface area contributed by atoms with Gasteiger partial charge in [0.05, 0.1) is 25.9 Å². The average Bonchev–Trinajstić information content (AvgIpc) is 3.08. The first-order valence-corrected chi connectivity index (χ1v) is 8.72. The monoisotopic (exact) mass is 364 g/mol. The molecule has 0 bridgehead atoms. The predicted molar refractivity (Wildman–Crippen MR) is 100 cm³/mol. The molecule has 4 rings (SSSR count). The van der Waals surface area contributed by atoms with Gasteiger partial charge in [0.2, 0.25) is 0 Å². The van der Waals surface area contributed by atoms with Gasteiger partial charge in [0.1, 0.15) is 5.92 Å². The van der Waals surface area contributed by atoms with Crippen LogP contribution in [0.2, 0.25) is 0 Å². The number of rotatable bonds is 3. The summed E-state index contributed by atoms with van der Waals surface area (Å²) >= 11 is 0. The SMILES string of the molecule is COC(=O)[C@H]1[C@@H](C(=O)OC)N(c2ccccc2)N2C=Cc3ccccc3[C@@H]12. The average molecular weight is 364 g/mol. The lowest BCUT2D eigenvalue weighted by molar-refractivity contribution is -0.153. The van der Waals surface area contributed by atoms with E-state index >= 15 is 0 Å². The minimum Gasteiger partial charge on any atom is -0.469 e. The van der Waals surface area contributed by atoms with Crippen molar-refractivity contribution in [2.75, 3.05) is 19.2 Å². The van der Waals surface area contributed by atoms with Gasteiger partial charge in [0, 0.05) is 6.20 Å². The molecule has 0 radical (unpaired) electrons. The molecular formula is C21H20N2O4. The van der Waals surface area contributed by atoms with Crippen molar-refractivity contribution >= 4 is 23.7 Å². The van der Waals surface area contributed by atoms with Crippen molar-refractivity contribution in [1.29, 1.82) is 0 Å². The fourth-order valence-corrected chi connectivity index (χ4v) is 3.99. The van der Waals surface area contributed by atoms with Crippen LogP contribution in [0.5, 0.6) is 0 Å². The summed E-state index contributed by atoms with van der Waals surface area (Å²) in [6, 6.07) is 16.2. The number of carbonyl (C=O) groups is 2. The first kappa shape index (κ1) is 17.1. The van der Waals surface area contributed by atoms with Gasteiger partial charge in [-0.1, -0.05) is 42.5 Å². The number of hydrazine groups is 1. The summed E-state index contributed by atoms with van der Waals surface area (Å²) in [5.74, 6) is -1.65. The molecule has 1 saturated heterocycles. The second-order valence-electron chi connectivity index (χ2n) is 6.47. The number of anilines is 1. The van der Waals surface area contributed by atoms with Crippen LogP contribution in [0.1, 0.15) is 17.2 Å². The van der Waals surface area contributed by atoms with Gasteiger partial charge in [-0.25, -0.2) is 4.79 Å². The van der Waals surface area contributed by atoms with Crippen LogP contribution in [0.25, 0.3) is 6.08 Å². The molecule has 0 aliphatic carbocycles. The fraction of sp³-hybridized carbons (Fsp3) is 0.238. The molecule has 0 aromatic heterocycles. The van der Waals surface area contributed by atoms with Crippen molar-refractivity contribution in [3.05, 3.63) is 71.9 Å². The third-order valence-electron chi connectivity index (χ3n) is 5.14. The molecule has 0 spiro atoms. The molecule has 2 aliphatic heterocycles. The quantitative estimate of drug-likeness (QED) is 0.781. The highest BCUT2D eigenvalue weighted by atomic mass is 16.5. The number of nitrogens with zero attached hydrogens (tertiary/aromatic N) is 2. The van der Waals surface area contributed by atoms with Crippen LogP contribution in [0.15, 0.2) is 60.8 Å². The normalized spacial score (nSPS) is 22.8. The van der Waals surface area contributed by atoms with E-state index in [1.807, 2.05) is 76.9 Å². The first-order valence-electron chi connectivity index (χ1n) is 8.72. The Labute approximate surface area is 157 Å². The summed E-state index contributed by atoms with van der Waals surface area (Å²) in [6.07, 6.45) is 3.88. The lowest BCUT2D eigenvalue weighted by Gasteiger charge is -2.36. The molecule has 6 heteroatoms. The van der Waals surface area contributed by atoms with Gasteiger partial charge in [-0.2, -0.15) is 0 Å². The van der Waals surface area contributed by atoms with E-state index in [1.54, 1.807) is 0 Å². The van der Waals surface area contributed by atoms with Crippen LogP contribution in [0.3, 0.4) is 0 Å². The molecule has 2 aromatic carbocycles. The Morgan fingerprint density at radius 1 is 0.889 bits per heavy atom. The van der Waals surface area contributed by atoms with Crippen molar-refractivity contribution in [2.24, 2.45) is 5.92 Å². The number of hydrogen-bond donors (Lipinski definition) is 0. The highest BCUT2D eigenvalue weighted by Crippen LogP contribution is 2.47. The molecule has 1 fully saturated rings. The number of benzene rings is 2. The molecule has 27 heavy (non-hydrogen) atoms. The van der Waals surface area contributed by atoms with Crippen molar-refractivity contribution < 1.29 is 19.1 Å². The molecule has 2 aliphatic rings. The topological polar surface area (TPSA) is 59.1 Å². The Bertz CT molecular complexity index is 880. The van der Waals surface area contributed by atoms with E-state index in [0.29, 0.717) is 0 Å². The number of esters is 2. The van der Waals surface area contributed by atoms with E-state index < -0.39 is 23.9 Å². The molecule has 0 N–H and O–H groups in total. The second kappa shape index (κ2) is 6.79. The Kier molecular flexibility index (Phi) is 4.32. The van der Waals surface area contributed by atoms with Gasteiger partial charge >= 0.3 is 11.9 Å². The van der Waals surface area contributed by atoms with E-state index in [9.17, 15) is 9.59 Å². The highest BCUT2D eigenvalue weighted by molar-refractivity contribution is 5.90. The number of fused-ring (bicyclic) bond motifs is 3. The van der Waals surface area contributed by atoms with Gasteiger partial charge in [-0.3, -0.25) is 14.8 Å². The van der Waals surface area contributed by atoms with Crippen LogP contribution in [-0.4, -0.2) is 37.2 Å². The molecule has 6 nitrogen and oxygen atoms in total. The molecular weight excluding hydrogens is 344 g/mol. The van der Waals surface area contributed by atoms with Crippen molar-refractivity contribution in [1.82, 2.24) is 5.01 Å². The maximum Gasteiger partial charge on any atom is 0.331 e. The summed E-state index contributed by atoms with van der Waals surface area (Å²) < 4.78 is 10.1. The number of hydrogen-bond acceptors (Lipinski definition) is 6. The molecule has 138 valence electrons. The Morgan fingerprint density at radius 3 is 2.26 bits per heavy atom. The van der Waals surface area contributed by atoms with Gasteiger partial charge < -0.3 is 9.47 Å². The predicted octanol–water partition coefficient (Wildman–Crippen LogP) is 2.78. The van der Waals surface area contributed by atoms with Crippen molar-refractivity contribution in [2.45, 2.75) is 12.1 Å². The summed E-state index contributed by atoms with van der Waals surface area (Å²) in [4.78, 5) is 25.5. The number of ether oxygens (including phenoxy) is 2. The first-order chi connectivity index (χ1) is 13.2. The van der Waals surface area contributed by atoms with Crippen LogP contribution in [-0.2, 0) is 19.1 Å². The minimum absolute atomic E-state index is 0.358. The maximum absolute atomic E-state index is 12.8. The molecule has 0 unspecified atom stereocenters. The van der Waals surface area contributed by atoms with Crippen molar-refractivity contribution in [3.8, 4) is 0 Å². The summed E-state index contributed by atoms with van der Waals surface area (Å²) in [5, 5.41) is 3.76. The van der Waals surface area contributed by atoms with E-state index in [2.05, 4.69) is 0 Å².